The van der Waals surface area contributed by atoms with Gasteiger partial charge in [0, 0.05) is 13.1 Å². The second-order valence-electron chi connectivity index (χ2n) is 4.05. The zero-order valence-electron chi connectivity index (χ0n) is 10.5. The molecule has 3 nitrogen and oxygen atoms in total. The summed E-state index contributed by atoms with van der Waals surface area (Å²) in [4.78, 5) is 13.2. The molecule has 2 rings (SSSR count). The minimum absolute atomic E-state index is 0.295. The van der Waals surface area contributed by atoms with E-state index in [-0.39, 0.29) is 5.82 Å². The minimum atomic E-state index is -0.936. The number of hydrogen-bond donors (Lipinski definition) is 1. The van der Waals surface area contributed by atoms with Crippen molar-refractivity contribution in [1.29, 1.82) is 0 Å². The highest BCUT2D eigenvalue weighted by Gasteiger charge is 2.16. The van der Waals surface area contributed by atoms with E-state index in [1.54, 1.807) is 29.6 Å². The third-order valence-electron chi connectivity index (χ3n) is 2.88. The van der Waals surface area contributed by atoms with Gasteiger partial charge in [-0.05, 0) is 36.1 Å². The van der Waals surface area contributed by atoms with Crippen LogP contribution >= 0.6 is 11.3 Å². The Kier molecular flexibility index (Phi) is 4.16. The quantitative estimate of drug-likeness (QED) is 0.909. The van der Waals surface area contributed by atoms with E-state index in [4.69, 9.17) is 5.11 Å². The molecule has 1 aromatic heterocycles. The minimum Gasteiger partial charge on any atom is -0.477 e. The lowest BCUT2D eigenvalue weighted by atomic mass is 10.2. The van der Waals surface area contributed by atoms with Crippen molar-refractivity contribution in [3.05, 3.63) is 52.0 Å². The van der Waals surface area contributed by atoms with Crippen molar-refractivity contribution in [3.8, 4) is 0 Å². The third-order valence-corrected chi connectivity index (χ3v) is 3.82. The van der Waals surface area contributed by atoms with Crippen molar-refractivity contribution >= 4 is 23.0 Å². The van der Waals surface area contributed by atoms with Crippen molar-refractivity contribution in [1.82, 2.24) is 0 Å². The molecule has 2 aromatic rings. The monoisotopic (exact) mass is 279 g/mol. The van der Waals surface area contributed by atoms with Gasteiger partial charge in [-0.1, -0.05) is 12.1 Å². The van der Waals surface area contributed by atoms with Gasteiger partial charge in [0.15, 0.2) is 0 Å². The number of anilines is 1. The molecule has 0 radical (unpaired) electrons. The average Bonchev–Trinajstić information content (AvgIpc) is 2.85. The first-order chi connectivity index (χ1) is 9.13. The van der Waals surface area contributed by atoms with Gasteiger partial charge in [-0.15, -0.1) is 11.3 Å². The molecule has 0 aliphatic carbocycles. The Hall–Kier alpha value is -1.88. The highest BCUT2D eigenvalue weighted by molar-refractivity contribution is 7.12. The fourth-order valence-corrected chi connectivity index (χ4v) is 2.68. The second kappa shape index (κ2) is 5.84. The van der Waals surface area contributed by atoms with Gasteiger partial charge in [-0.2, -0.15) is 0 Å². The van der Waals surface area contributed by atoms with E-state index in [0.717, 1.165) is 0 Å². The zero-order valence-corrected chi connectivity index (χ0v) is 11.3. The molecule has 0 aliphatic heterocycles. The van der Waals surface area contributed by atoms with Crippen molar-refractivity contribution in [2.45, 2.75) is 13.5 Å². The third kappa shape index (κ3) is 2.93. The highest BCUT2D eigenvalue weighted by atomic mass is 32.1. The fourth-order valence-electron chi connectivity index (χ4n) is 1.93. The van der Waals surface area contributed by atoms with Gasteiger partial charge in [0.1, 0.15) is 10.7 Å². The molecule has 0 saturated heterocycles. The van der Waals surface area contributed by atoms with Gasteiger partial charge in [-0.3, -0.25) is 0 Å². The first kappa shape index (κ1) is 13.5. The SMILES string of the molecule is CCN(Cc1ccsc1C(=O)O)c1ccccc1F. The maximum absolute atomic E-state index is 13.8. The molecule has 0 amide bonds. The molecule has 19 heavy (non-hydrogen) atoms. The summed E-state index contributed by atoms with van der Waals surface area (Å²) in [6, 6.07) is 8.29. The Morgan fingerprint density at radius 2 is 2.11 bits per heavy atom. The van der Waals surface area contributed by atoms with Crippen molar-refractivity contribution in [2.24, 2.45) is 0 Å². The summed E-state index contributed by atoms with van der Waals surface area (Å²) in [5, 5.41) is 10.8. The summed E-state index contributed by atoms with van der Waals surface area (Å²) >= 11 is 1.19. The van der Waals surface area contributed by atoms with E-state index in [0.29, 0.717) is 29.2 Å². The zero-order chi connectivity index (χ0) is 13.8. The number of hydrogen-bond acceptors (Lipinski definition) is 3. The largest absolute Gasteiger partial charge is 0.477 e. The van der Waals surface area contributed by atoms with E-state index < -0.39 is 5.97 Å². The molecule has 0 spiro atoms. The van der Waals surface area contributed by atoms with Gasteiger partial charge in [0.05, 0.1) is 5.69 Å². The van der Waals surface area contributed by atoms with Crippen LogP contribution in [0, 0.1) is 5.82 Å². The summed E-state index contributed by atoms with van der Waals surface area (Å²) < 4.78 is 13.8. The normalized spacial score (nSPS) is 10.4. The molecule has 0 unspecified atom stereocenters. The van der Waals surface area contributed by atoms with E-state index in [2.05, 4.69) is 0 Å². The van der Waals surface area contributed by atoms with E-state index in [9.17, 15) is 9.18 Å². The predicted molar refractivity (Wildman–Crippen MR) is 74.4 cm³/mol. The summed E-state index contributed by atoms with van der Waals surface area (Å²) in [6.45, 7) is 2.91. The van der Waals surface area contributed by atoms with Gasteiger partial charge < -0.3 is 10.0 Å². The number of thiophene rings is 1. The predicted octanol–water partition coefficient (Wildman–Crippen LogP) is 3.61. The first-order valence-corrected chi connectivity index (χ1v) is 6.80. The van der Waals surface area contributed by atoms with E-state index >= 15 is 0 Å². The average molecular weight is 279 g/mol. The van der Waals surface area contributed by atoms with Crippen LogP contribution in [0.2, 0.25) is 0 Å². The topological polar surface area (TPSA) is 40.5 Å². The lowest BCUT2D eigenvalue weighted by molar-refractivity contribution is 0.0701. The number of halogens is 1. The second-order valence-corrected chi connectivity index (χ2v) is 4.96. The van der Waals surface area contributed by atoms with Crippen molar-refractivity contribution < 1.29 is 14.3 Å². The van der Waals surface area contributed by atoms with Crippen molar-refractivity contribution in [2.75, 3.05) is 11.4 Å². The Bertz CT molecular complexity index is 582. The summed E-state index contributed by atoms with van der Waals surface area (Å²) in [6.07, 6.45) is 0. The Morgan fingerprint density at radius 3 is 2.74 bits per heavy atom. The number of carboxylic acids is 1. The van der Waals surface area contributed by atoms with E-state index in [1.165, 1.54) is 17.4 Å². The molecule has 1 N–H and O–H groups in total. The van der Waals surface area contributed by atoms with Gasteiger partial charge in [0.2, 0.25) is 0 Å². The number of nitrogens with zero attached hydrogens (tertiary/aromatic N) is 1. The van der Waals surface area contributed by atoms with Crippen LogP contribution in [-0.2, 0) is 6.54 Å². The molecule has 0 saturated carbocycles. The van der Waals surface area contributed by atoms with Gasteiger partial charge >= 0.3 is 5.97 Å². The first-order valence-electron chi connectivity index (χ1n) is 5.92. The number of aromatic carboxylic acids is 1. The van der Waals surface area contributed by atoms with Crippen LogP contribution in [0.4, 0.5) is 10.1 Å². The summed E-state index contributed by atoms with van der Waals surface area (Å²) in [5.41, 5.74) is 1.20. The molecule has 0 atom stereocenters. The maximum atomic E-state index is 13.8. The van der Waals surface area contributed by atoms with Crippen LogP contribution in [-0.4, -0.2) is 17.6 Å². The number of carboxylic acid groups (broad SMARTS) is 1. The lowest BCUT2D eigenvalue weighted by Crippen LogP contribution is -2.23. The number of benzene rings is 1. The smallest absolute Gasteiger partial charge is 0.346 e. The standard InChI is InChI=1S/C14H14FNO2S/c1-2-16(12-6-4-3-5-11(12)15)9-10-7-8-19-13(10)14(17)18/h3-8H,2,9H2,1H3,(H,17,18). The molecule has 0 fully saturated rings. The summed E-state index contributed by atoms with van der Waals surface area (Å²) in [5.74, 6) is -1.23. The van der Waals surface area contributed by atoms with Crippen LogP contribution in [0.3, 0.4) is 0 Å². The van der Waals surface area contributed by atoms with E-state index in [1.807, 2.05) is 11.8 Å². The molecular formula is C14H14FNO2S. The molecule has 1 heterocycles. The van der Waals surface area contributed by atoms with Crippen LogP contribution in [0.15, 0.2) is 35.7 Å². The van der Waals surface area contributed by atoms with Crippen LogP contribution in [0.25, 0.3) is 0 Å². The Morgan fingerprint density at radius 1 is 1.37 bits per heavy atom. The molecule has 5 heteroatoms. The Balaban J connectivity index is 2.27. The Labute approximate surface area is 114 Å². The van der Waals surface area contributed by atoms with Crippen LogP contribution in [0.1, 0.15) is 22.2 Å². The van der Waals surface area contributed by atoms with Gasteiger partial charge in [0.25, 0.3) is 0 Å². The molecule has 1 aromatic carbocycles. The van der Waals surface area contributed by atoms with Gasteiger partial charge in [-0.25, -0.2) is 9.18 Å². The highest BCUT2D eigenvalue weighted by Crippen LogP contribution is 2.24. The maximum Gasteiger partial charge on any atom is 0.346 e. The molecule has 0 aliphatic rings. The molecule has 0 bridgehead atoms. The number of para-hydroxylation sites is 1. The van der Waals surface area contributed by atoms with Crippen LogP contribution < -0.4 is 4.90 Å². The summed E-state index contributed by atoms with van der Waals surface area (Å²) in [7, 11) is 0. The lowest BCUT2D eigenvalue weighted by Gasteiger charge is -2.23. The van der Waals surface area contributed by atoms with Crippen molar-refractivity contribution in [3.63, 3.8) is 0 Å². The number of carbonyl (C=O) groups is 1. The van der Waals surface area contributed by atoms with Crippen LogP contribution in [0.5, 0.6) is 0 Å². The molecule has 100 valence electrons. The fraction of sp³-hybridized carbons (Fsp3) is 0.214. The number of rotatable bonds is 5. The molecular weight excluding hydrogens is 265 g/mol.